The van der Waals surface area contributed by atoms with Crippen LogP contribution >= 0.6 is 15.9 Å². The summed E-state index contributed by atoms with van der Waals surface area (Å²) in [6.45, 7) is 7.59. The van der Waals surface area contributed by atoms with E-state index in [4.69, 9.17) is 0 Å². The number of rotatable bonds is 7. The molecule has 0 aliphatic rings. The fourth-order valence-corrected chi connectivity index (χ4v) is 2.40. The van der Waals surface area contributed by atoms with Crippen LogP contribution in [0.2, 0.25) is 0 Å². The number of hydrogen-bond acceptors (Lipinski definition) is 2. The zero-order chi connectivity index (χ0) is 12.7. The van der Waals surface area contributed by atoms with Crippen LogP contribution in [0, 0.1) is 0 Å². The van der Waals surface area contributed by atoms with Crippen LogP contribution in [-0.2, 0) is 6.54 Å². The topological polar surface area (TPSA) is 15.3 Å². The second-order valence-corrected chi connectivity index (χ2v) is 5.15. The molecule has 1 aromatic carbocycles. The first-order valence-electron chi connectivity index (χ1n) is 6.40. The summed E-state index contributed by atoms with van der Waals surface area (Å²) < 4.78 is 1.15. The van der Waals surface area contributed by atoms with E-state index in [1.54, 1.807) is 0 Å². The summed E-state index contributed by atoms with van der Waals surface area (Å²) >= 11 is 3.54. The maximum absolute atomic E-state index is 3.54. The Labute approximate surface area is 114 Å². The number of hydrogen-bond donors (Lipinski definition) is 1. The first-order chi connectivity index (χ1) is 8.22. The molecule has 0 radical (unpaired) electrons. The first kappa shape index (κ1) is 14.5. The minimum absolute atomic E-state index is 0.914. The van der Waals surface area contributed by atoms with Crippen LogP contribution in [0.25, 0.3) is 0 Å². The predicted molar refractivity (Wildman–Crippen MR) is 79.7 cm³/mol. The maximum Gasteiger partial charge on any atom is 0.0412 e. The zero-order valence-electron chi connectivity index (χ0n) is 11.1. The van der Waals surface area contributed by atoms with Gasteiger partial charge in [-0.15, -0.1) is 0 Å². The third-order valence-electron chi connectivity index (χ3n) is 2.91. The summed E-state index contributed by atoms with van der Waals surface area (Å²) in [6, 6.07) is 6.56. The van der Waals surface area contributed by atoms with Crippen molar-refractivity contribution in [2.75, 3.05) is 25.0 Å². The summed E-state index contributed by atoms with van der Waals surface area (Å²) in [5, 5.41) is 3.24. The molecule has 96 valence electrons. The molecular weight excluding hydrogens is 276 g/mol. The molecule has 3 heteroatoms. The summed E-state index contributed by atoms with van der Waals surface area (Å²) in [6.07, 6.45) is 2.50. The van der Waals surface area contributed by atoms with Crippen LogP contribution in [0.3, 0.4) is 0 Å². The Kier molecular flexibility index (Phi) is 6.60. The molecule has 0 fully saturated rings. The van der Waals surface area contributed by atoms with Gasteiger partial charge in [-0.3, -0.25) is 0 Å². The molecule has 0 bridgehead atoms. The Morgan fingerprint density at radius 3 is 2.65 bits per heavy atom. The summed E-state index contributed by atoms with van der Waals surface area (Å²) in [4.78, 5) is 2.46. The largest absolute Gasteiger partial charge is 0.372 e. The lowest BCUT2D eigenvalue weighted by atomic mass is 10.1. The Morgan fingerprint density at radius 1 is 1.29 bits per heavy atom. The van der Waals surface area contributed by atoms with Crippen LogP contribution in [0.4, 0.5) is 5.69 Å². The minimum Gasteiger partial charge on any atom is -0.372 e. The fourth-order valence-electron chi connectivity index (χ4n) is 1.99. The third-order valence-corrected chi connectivity index (χ3v) is 3.41. The van der Waals surface area contributed by atoms with Gasteiger partial charge in [-0.05, 0) is 44.2 Å². The normalized spacial score (nSPS) is 10.6. The Morgan fingerprint density at radius 2 is 2.06 bits per heavy atom. The van der Waals surface area contributed by atoms with Gasteiger partial charge in [0.1, 0.15) is 0 Å². The van der Waals surface area contributed by atoms with Gasteiger partial charge in [0.05, 0.1) is 0 Å². The standard InChI is InChI=1S/C14H23BrN2/c1-4-6-9-17(5-2)14-8-7-13(15)10-12(14)11-16-3/h7-8,10,16H,4-6,9,11H2,1-3H3. The molecule has 0 aromatic heterocycles. The number of halogens is 1. The van der Waals surface area contributed by atoms with Crippen molar-refractivity contribution >= 4 is 21.6 Å². The van der Waals surface area contributed by atoms with Gasteiger partial charge in [0.2, 0.25) is 0 Å². The molecule has 0 atom stereocenters. The molecule has 1 rings (SSSR count). The van der Waals surface area contributed by atoms with E-state index >= 15 is 0 Å². The van der Waals surface area contributed by atoms with Gasteiger partial charge in [0.15, 0.2) is 0 Å². The molecule has 2 nitrogen and oxygen atoms in total. The minimum atomic E-state index is 0.914. The third kappa shape index (κ3) is 4.32. The second-order valence-electron chi connectivity index (χ2n) is 4.24. The van der Waals surface area contributed by atoms with E-state index in [0.717, 1.165) is 24.1 Å². The van der Waals surface area contributed by atoms with E-state index in [0.29, 0.717) is 0 Å². The van der Waals surface area contributed by atoms with Gasteiger partial charge in [0.25, 0.3) is 0 Å². The van der Waals surface area contributed by atoms with Crippen molar-refractivity contribution in [3.63, 3.8) is 0 Å². The zero-order valence-corrected chi connectivity index (χ0v) is 12.7. The summed E-state index contributed by atoms with van der Waals surface area (Å²) in [7, 11) is 1.99. The van der Waals surface area contributed by atoms with E-state index in [1.807, 2.05) is 7.05 Å². The molecule has 0 aliphatic carbocycles. The van der Waals surface area contributed by atoms with Crippen LogP contribution in [-0.4, -0.2) is 20.1 Å². The van der Waals surface area contributed by atoms with Crippen LogP contribution in [0.15, 0.2) is 22.7 Å². The van der Waals surface area contributed by atoms with Crippen molar-refractivity contribution in [2.45, 2.75) is 33.2 Å². The highest BCUT2D eigenvalue weighted by Crippen LogP contribution is 2.25. The molecule has 1 aromatic rings. The SMILES string of the molecule is CCCCN(CC)c1ccc(Br)cc1CNC. The first-order valence-corrected chi connectivity index (χ1v) is 7.20. The second kappa shape index (κ2) is 7.72. The van der Waals surface area contributed by atoms with E-state index in [2.05, 4.69) is 58.2 Å². The number of anilines is 1. The van der Waals surface area contributed by atoms with E-state index in [-0.39, 0.29) is 0 Å². The van der Waals surface area contributed by atoms with Crippen molar-refractivity contribution in [1.82, 2.24) is 5.32 Å². The summed E-state index contributed by atoms with van der Waals surface area (Å²) in [5.41, 5.74) is 2.72. The molecule has 0 heterocycles. The summed E-state index contributed by atoms with van der Waals surface area (Å²) in [5.74, 6) is 0. The Bertz CT molecular complexity index is 339. The number of unbranched alkanes of at least 4 members (excludes halogenated alkanes) is 1. The van der Waals surface area contributed by atoms with Gasteiger partial charge < -0.3 is 10.2 Å². The fraction of sp³-hybridized carbons (Fsp3) is 0.571. The number of nitrogens with zero attached hydrogens (tertiary/aromatic N) is 1. The Hall–Kier alpha value is -0.540. The molecular formula is C14H23BrN2. The van der Waals surface area contributed by atoms with E-state index in [1.165, 1.54) is 24.1 Å². The van der Waals surface area contributed by atoms with Gasteiger partial charge in [-0.2, -0.15) is 0 Å². The predicted octanol–water partition coefficient (Wildman–Crippen LogP) is 3.79. The quantitative estimate of drug-likeness (QED) is 0.824. The van der Waals surface area contributed by atoms with Crippen LogP contribution < -0.4 is 10.2 Å². The van der Waals surface area contributed by atoms with E-state index < -0.39 is 0 Å². The molecule has 0 unspecified atom stereocenters. The molecule has 17 heavy (non-hydrogen) atoms. The van der Waals surface area contributed by atoms with Gasteiger partial charge in [0, 0.05) is 29.8 Å². The molecule has 0 saturated carbocycles. The van der Waals surface area contributed by atoms with E-state index in [9.17, 15) is 0 Å². The molecule has 0 saturated heterocycles. The van der Waals surface area contributed by atoms with Gasteiger partial charge in [-0.1, -0.05) is 29.3 Å². The van der Waals surface area contributed by atoms with Gasteiger partial charge in [-0.25, -0.2) is 0 Å². The van der Waals surface area contributed by atoms with Gasteiger partial charge >= 0.3 is 0 Å². The molecule has 0 spiro atoms. The monoisotopic (exact) mass is 298 g/mol. The lowest BCUT2D eigenvalue weighted by Crippen LogP contribution is -2.25. The lowest BCUT2D eigenvalue weighted by molar-refractivity contribution is 0.723. The van der Waals surface area contributed by atoms with Crippen molar-refractivity contribution in [2.24, 2.45) is 0 Å². The average Bonchev–Trinajstić information content (AvgIpc) is 2.32. The van der Waals surface area contributed by atoms with Crippen molar-refractivity contribution in [3.05, 3.63) is 28.2 Å². The lowest BCUT2D eigenvalue weighted by Gasteiger charge is -2.26. The van der Waals surface area contributed by atoms with Crippen molar-refractivity contribution in [3.8, 4) is 0 Å². The highest BCUT2D eigenvalue weighted by molar-refractivity contribution is 9.10. The maximum atomic E-state index is 3.54. The number of nitrogens with one attached hydrogen (secondary N) is 1. The highest BCUT2D eigenvalue weighted by atomic mass is 79.9. The highest BCUT2D eigenvalue weighted by Gasteiger charge is 2.09. The molecule has 1 N–H and O–H groups in total. The molecule has 0 aliphatic heterocycles. The van der Waals surface area contributed by atoms with Crippen LogP contribution in [0.5, 0.6) is 0 Å². The average molecular weight is 299 g/mol. The van der Waals surface area contributed by atoms with Crippen molar-refractivity contribution in [1.29, 1.82) is 0 Å². The molecule has 0 amide bonds. The van der Waals surface area contributed by atoms with Crippen LogP contribution in [0.1, 0.15) is 32.3 Å². The Balaban J connectivity index is 2.91. The van der Waals surface area contributed by atoms with Crippen molar-refractivity contribution < 1.29 is 0 Å². The smallest absolute Gasteiger partial charge is 0.0412 e. The number of benzene rings is 1.